The third-order valence-corrected chi connectivity index (χ3v) is 4.74. The van der Waals surface area contributed by atoms with Crippen LogP contribution in [0.25, 0.3) is 0 Å². The topological polar surface area (TPSA) is 76.1 Å². The molecule has 1 saturated heterocycles. The van der Waals surface area contributed by atoms with E-state index in [9.17, 15) is 9.59 Å². The zero-order valence-electron chi connectivity index (χ0n) is 15.8. The van der Waals surface area contributed by atoms with Gasteiger partial charge in [-0.05, 0) is 32.6 Å². The first-order valence-corrected chi connectivity index (χ1v) is 10.2. The van der Waals surface area contributed by atoms with Gasteiger partial charge in [-0.2, -0.15) is 0 Å². The van der Waals surface area contributed by atoms with Crippen LogP contribution in [0.2, 0.25) is 0 Å². The zero-order chi connectivity index (χ0) is 18.3. The molecule has 1 heterocycles. The number of unbranched alkanes of at least 4 members (excludes halogenated alkanes) is 8. The first kappa shape index (κ1) is 21.9. The summed E-state index contributed by atoms with van der Waals surface area (Å²) in [6, 6.07) is 0. The molecule has 2 unspecified atom stereocenters. The molecule has 0 spiro atoms. The molecule has 5 heteroatoms. The van der Waals surface area contributed by atoms with Crippen LogP contribution in [-0.2, 0) is 19.1 Å². The lowest BCUT2D eigenvalue weighted by molar-refractivity contribution is -0.143. The molecule has 1 N–H and O–H groups in total. The third kappa shape index (κ3) is 12.9. The molecule has 5 nitrogen and oxygen atoms in total. The molecule has 0 amide bonds. The average molecular weight is 357 g/mol. The van der Waals surface area contributed by atoms with Crippen LogP contribution in [0.5, 0.6) is 0 Å². The number of carbonyl (C=O) groups is 2. The van der Waals surface area contributed by atoms with Gasteiger partial charge in [-0.1, -0.05) is 51.4 Å². The highest BCUT2D eigenvalue weighted by Crippen LogP contribution is 2.31. The minimum atomic E-state index is -0.690. The van der Waals surface area contributed by atoms with Crippen LogP contribution in [0.3, 0.4) is 0 Å². The zero-order valence-corrected chi connectivity index (χ0v) is 15.8. The Balaban J connectivity index is 1.77. The van der Waals surface area contributed by atoms with Crippen molar-refractivity contribution in [1.29, 1.82) is 0 Å². The number of esters is 1. The highest BCUT2D eigenvalue weighted by molar-refractivity contribution is 5.69. The predicted octanol–water partition coefficient (Wildman–Crippen LogP) is 4.86. The first-order chi connectivity index (χ1) is 12.1. The van der Waals surface area contributed by atoms with Crippen LogP contribution >= 0.6 is 0 Å². The van der Waals surface area contributed by atoms with Crippen LogP contribution in [0, 0.1) is 0 Å². The van der Waals surface area contributed by atoms with E-state index in [1.165, 1.54) is 32.1 Å². The van der Waals surface area contributed by atoms with Crippen molar-refractivity contribution >= 4 is 11.9 Å². The number of rotatable bonds is 17. The second-order valence-electron chi connectivity index (χ2n) is 7.02. The van der Waals surface area contributed by atoms with E-state index < -0.39 is 5.97 Å². The van der Waals surface area contributed by atoms with Gasteiger partial charge in [0.2, 0.25) is 0 Å². The summed E-state index contributed by atoms with van der Waals surface area (Å²) < 4.78 is 10.6. The standard InChI is InChI=1S/C20H36O5/c1-2-24-20(23)16-12-6-4-3-5-9-13-17-18(25-17)14-10-7-8-11-15-19(21)22/h17-18H,2-16H2,1H3,(H,21,22). The molecule has 2 atom stereocenters. The van der Waals surface area contributed by atoms with E-state index in [0.717, 1.165) is 44.9 Å². The number of carboxylic acid groups (broad SMARTS) is 1. The van der Waals surface area contributed by atoms with Crippen molar-refractivity contribution in [1.82, 2.24) is 0 Å². The van der Waals surface area contributed by atoms with Crippen molar-refractivity contribution < 1.29 is 24.2 Å². The summed E-state index contributed by atoms with van der Waals surface area (Å²) in [6.45, 7) is 2.32. The highest BCUT2D eigenvalue weighted by Gasteiger charge is 2.36. The van der Waals surface area contributed by atoms with E-state index >= 15 is 0 Å². The van der Waals surface area contributed by atoms with E-state index in [1.54, 1.807) is 0 Å². The average Bonchev–Trinajstić information content (AvgIpc) is 3.31. The fourth-order valence-corrected chi connectivity index (χ4v) is 3.22. The summed E-state index contributed by atoms with van der Waals surface area (Å²) in [4.78, 5) is 21.6. The maximum absolute atomic E-state index is 11.2. The van der Waals surface area contributed by atoms with Crippen molar-refractivity contribution in [2.24, 2.45) is 0 Å². The van der Waals surface area contributed by atoms with Gasteiger partial charge in [0.05, 0.1) is 18.8 Å². The van der Waals surface area contributed by atoms with Crippen molar-refractivity contribution in [3.8, 4) is 0 Å². The van der Waals surface area contributed by atoms with Crippen molar-refractivity contribution in [2.75, 3.05) is 6.61 Å². The summed E-state index contributed by atoms with van der Waals surface area (Å²) in [5.74, 6) is -0.758. The second kappa shape index (κ2) is 14.1. The summed E-state index contributed by atoms with van der Waals surface area (Å²) in [7, 11) is 0. The largest absolute Gasteiger partial charge is 0.481 e. The molecule has 1 aliphatic rings. The Kier molecular flexibility index (Phi) is 12.4. The summed E-state index contributed by atoms with van der Waals surface area (Å²) >= 11 is 0. The number of hydrogen-bond acceptors (Lipinski definition) is 4. The second-order valence-corrected chi connectivity index (χ2v) is 7.02. The fraction of sp³-hybridized carbons (Fsp3) is 0.900. The molecule has 0 radical (unpaired) electrons. The monoisotopic (exact) mass is 356 g/mol. The molecule has 1 aliphatic heterocycles. The summed E-state index contributed by atoms with van der Waals surface area (Å²) in [6.07, 6.45) is 15.2. The van der Waals surface area contributed by atoms with Crippen molar-refractivity contribution in [3.05, 3.63) is 0 Å². The molecule has 0 aromatic rings. The van der Waals surface area contributed by atoms with Gasteiger partial charge in [0, 0.05) is 12.8 Å². The maximum atomic E-state index is 11.2. The molecular weight excluding hydrogens is 320 g/mol. The van der Waals surface area contributed by atoms with Gasteiger partial charge in [0.15, 0.2) is 0 Å². The Morgan fingerprint density at radius 1 is 0.800 bits per heavy atom. The van der Waals surface area contributed by atoms with Crippen molar-refractivity contribution in [2.45, 2.75) is 109 Å². The van der Waals surface area contributed by atoms with Crippen LogP contribution < -0.4 is 0 Å². The molecule has 0 saturated carbocycles. The Bertz CT molecular complexity index is 369. The number of epoxide rings is 1. The highest BCUT2D eigenvalue weighted by atomic mass is 16.6. The van der Waals surface area contributed by atoms with Gasteiger partial charge in [-0.25, -0.2) is 0 Å². The van der Waals surface area contributed by atoms with Gasteiger partial charge in [-0.3, -0.25) is 9.59 Å². The van der Waals surface area contributed by atoms with Gasteiger partial charge in [0.1, 0.15) is 0 Å². The predicted molar refractivity (Wildman–Crippen MR) is 97.6 cm³/mol. The normalized spacial score (nSPS) is 18.9. The van der Waals surface area contributed by atoms with Crippen molar-refractivity contribution in [3.63, 3.8) is 0 Å². The lowest BCUT2D eigenvalue weighted by Crippen LogP contribution is -2.03. The molecule has 0 bridgehead atoms. The number of hydrogen-bond donors (Lipinski definition) is 1. The quantitative estimate of drug-likeness (QED) is 0.229. The SMILES string of the molecule is CCOC(=O)CCCCCCCCC1OC1CCCCCCC(=O)O. The number of ether oxygens (including phenoxy) is 2. The lowest BCUT2D eigenvalue weighted by atomic mass is 10.0. The first-order valence-electron chi connectivity index (χ1n) is 10.2. The Morgan fingerprint density at radius 2 is 1.28 bits per heavy atom. The molecule has 1 fully saturated rings. The molecular formula is C20H36O5. The number of carboxylic acids is 1. The van der Waals surface area contributed by atoms with Gasteiger partial charge in [-0.15, -0.1) is 0 Å². The van der Waals surface area contributed by atoms with E-state index in [2.05, 4.69) is 0 Å². The molecule has 0 aromatic carbocycles. The summed E-state index contributed by atoms with van der Waals surface area (Å²) in [5, 5.41) is 8.57. The molecule has 1 rings (SSSR count). The third-order valence-electron chi connectivity index (χ3n) is 4.74. The van der Waals surface area contributed by atoms with E-state index in [-0.39, 0.29) is 5.97 Å². The van der Waals surface area contributed by atoms with Gasteiger partial charge >= 0.3 is 11.9 Å². The Labute approximate surface area is 152 Å². The molecule has 0 aromatic heterocycles. The Hall–Kier alpha value is -1.10. The molecule has 25 heavy (non-hydrogen) atoms. The van der Waals surface area contributed by atoms with E-state index in [4.69, 9.17) is 14.6 Å². The maximum Gasteiger partial charge on any atom is 0.305 e. The molecule has 146 valence electrons. The lowest BCUT2D eigenvalue weighted by Gasteiger charge is -2.02. The molecule has 0 aliphatic carbocycles. The van der Waals surface area contributed by atoms with Gasteiger partial charge < -0.3 is 14.6 Å². The minimum absolute atomic E-state index is 0.0682. The van der Waals surface area contributed by atoms with Crippen LogP contribution in [0.1, 0.15) is 96.8 Å². The smallest absolute Gasteiger partial charge is 0.305 e. The minimum Gasteiger partial charge on any atom is -0.481 e. The Morgan fingerprint density at radius 3 is 1.80 bits per heavy atom. The van der Waals surface area contributed by atoms with E-state index in [1.807, 2.05) is 6.92 Å². The fourth-order valence-electron chi connectivity index (χ4n) is 3.22. The van der Waals surface area contributed by atoms with E-state index in [0.29, 0.717) is 31.7 Å². The van der Waals surface area contributed by atoms with Crippen LogP contribution in [-0.4, -0.2) is 35.9 Å². The number of carbonyl (C=O) groups excluding carboxylic acids is 1. The number of aliphatic carboxylic acids is 1. The van der Waals surface area contributed by atoms with Crippen LogP contribution in [0.15, 0.2) is 0 Å². The van der Waals surface area contributed by atoms with Gasteiger partial charge in [0.25, 0.3) is 0 Å². The summed E-state index contributed by atoms with van der Waals surface area (Å²) in [5.41, 5.74) is 0. The van der Waals surface area contributed by atoms with Crippen LogP contribution in [0.4, 0.5) is 0 Å².